The Morgan fingerprint density at radius 2 is 1.75 bits per heavy atom. The molecule has 0 spiro atoms. The highest BCUT2D eigenvalue weighted by Crippen LogP contribution is 2.45. The quantitative estimate of drug-likeness (QED) is 0.358. The molecule has 0 amide bonds. The highest BCUT2D eigenvalue weighted by Gasteiger charge is 2.38. The number of aryl methyl sites for hydroxylation is 1. The molecule has 4 heterocycles. The van der Waals surface area contributed by atoms with Crippen molar-refractivity contribution in [3.8, 4) is 0 Å². The first-order valence-electron chi connectivity index (χ1n) is 15.0. The van der Waals surface area contributed by atoms with Crippen LogP contribution in [0.5, 0.6) is 0 Å². The van der Waals surface area contributed by atoms with Gasteiger partial charge in [-0.25, -0.2) is 0 Å². The van der Waals surface area contributed by atoms with Crippen molar-refractivity contribution < 1.29 is 0 Å². The van der Waals surface area contributed by atoms with Crippen LogP contribution in [-0.2, 0) is 12.8 Å². The Bertz CT molecular complexity index is 1350. The van der Waals surface area contributed by atoms with E-state index >= 15 is 0 Å². The summed E-state index contributed by atoms with van der Waals surface area (Å²) in [6.45, 7) is 28.5. The van der Waals surface area contributed by atoms with Crippen LogP contribution in [0.3, 0.4) is 0 Å². The Morgan fingerprint density at radius 1 is 1.05 bits per heavy atom. The summed E-state index contributed by atoms with van der Waals surface area (Å²) in [6.07, 6.45) is 13.4. The smallest absolute Gasteiger partial charge is 0.178 e. The highest BCUT2D eigenvalue weighted by molar-refractivity contribution is 6.11. The van der Waals surface area contributed by atoms with E-state index in [9.17, 15) is 0 Å². The largest absolute Gasteiger partial charge is 0.346 e. The number of piperidine rings is 1. The summed E-state index contributed by atoms with van der Waals surface area (Å²) in [5, 5.41) is 0. The van der Waals surface area contributed by atoms with Crippen LogP contribution >= 0.6 is 0 Å². The molecule has 212 valence electrons. The van der Waals surface area contributed by atoms with Crippen LogP contribution in [-0.4, -0.2) is 53.4 Å². The molecule has 0 aromatic heterocycles. The van der Waals surface area contributed by atoms with Crippen LogP contribution in [0.4, 0.5) is 0 Å². The Morgan fingerprint density at radius 3 is 2.33 bits per heavy atom. The maximum Gasteiger partial charge on any atom is 0.178 e. The normalized spacial score (nSPS) is 23.8. The number of nitrogens with zero attached hydrogens (tertiary/aromatic N) is 4. The van der Waals surface area contributed by atoms with Gasteiger partial charge in [-0.15, -0.1) is 0 Å². The first kappa shape index (κ1) is 28.4. The fraction of sp³-hybridized carbons (Fsp3) is 0.472. The number of hydrogen-bond acceptors (Lipinski definition) is 4. The third kappa shape index (κ3) is 5.19. The van der Waals surface area contributed by atoms with Gasteiger partial charge < -0.3 is 9.80 Å². The maximum atomic E-state index is 5.09. The average Bonchev–Trinajstić information content (AvgIpc) is 2.90. The zero-order valence-electron chi connectivity index (χ0n) is 25.8. The lowest BCUT2D eigenvalue weighted by atomic mass is 9.75. The molecule has 0 radical (unpaired) electrons. The van der Waals surface area contributed by atoms with Gasteiger partial charge in [-0.1, -0.05) is 59.1 Å². The number of allylic oxidation sites excluding steroid dienone is 6. The van der Waals surface area contributed by atoms with Crippen LogP contribution in [0.25, 0.3) is 11.3 Å². The Hall–Kier alpha value is -3.11. The number of fused-ring (bicyclic) bond motifs is 3. The molecular weight excluding hydrogens is 488 g/mol. The van der Waals surface area contributed by atoms with Crippen molar-refractivity contribution in [2.45, 2.75) is 79.6 Å². The van der Waals surface area contributed by atoms with Crippen LogP contribution in [0.2, 0.25) is 0 Å². The van der Waals surface area contributed by atoms with Gasteiger partial charge in [-0.2, -0.15) is 0 Å². The van der Waals surface area contributed by atoms with E-state index in [1.807, 2.05) is 0 Å². The minimum absolute atomic E-state index is 0.0732. The fourth-order valence-corrected chi connectivity index (χ4v) is 6.84. The molecule has 5 rings (SSSR count). The fourth-order valence-electron chi connectivity index (χ4n) is 6.84. The molecule has 0 saturated carbocycles. The van der Waals surface area contributed by atoms with Gasteiger partial charge in [0.2, 0.25) is 0 Å². The molecule has 40 heavy (non-hydrogen) atoms. The molecule has 1 aromatic rings. The molecular formula is C36H48N4. The molecule has 0 aliphatic carbocycles. The average molecular weight is 537 g/mol. The number of aliphatic imine (C=N–C) groups is 1. The standard InChI is InChI=1S/C36H48N4/c1-11-26-17-31-28(19-34(36(7,8)9)40-22-32(24(4)5)25(6)16-33(31)40)18-30(26)29-20-37-35(38(10)21-29)39-14-12-27(13-15-39)23(2)3/h16-18,20-22,27,34-35H,2,4,6,11-15,19H2,1,3,5,7-10H3. The van der Waals surface area contributed by atoms with E-state index in [1.54, 1.807) is 0 Å². The molecule has 4 aliphatic rings. The van der Waals surface area contributed by atoms with Crippen LogP contribution < -0.4 is 0 Å². The molecule has 1 aromatic carbocycles. The minimum atomic E-state index is 0.0732. The van der Waals surface area contributed by atoms with Crippen LogP contribution in [0.15, 0.2) is 77.6 Å². The van der Waals surface area contributed by atoms with E-state index < -0.39 is 0 Å². The van der Waals surface area contributed by atoms with Gasteiger partial charge in [-0.05, 0) is 96.4 Å². The van der Waals surface area contributed by atoms with Gasteiger partial charge in [0.25, 0.3) is 0 Å². The SMILES string of the molecule is C=C(C)C1=CN2C(=CC1=C)c1cc(CC)c(C3=CN(C)C(N4CCC(C(=C)C)CC4)N=C3)cc1CC2C(C)(C)C. The minimum Gasteiger partial charge on any atom is -0.346 e. The van der Waals surface area contributed by atoms with E-state index in [0.717, 1.165) is 42.7 Å². The van der Waals surface area contributed by atoms with Crippen LogP contribution in [0.1, 0.15) is 76.6 Å². The maximum absolute atomic E-state index is 5.09. The number of likely N-dealkylation sites (tertiary alicyclic amines) is 1. The van der Waals surface area contributed by atoms with Gasteiger partial charge in [0.05, 0.1) is 0 Å². The highest BCUT2D eigenvalue weighted by atomic mass is 15.4. The van der Waals surface area contributed by atoms with E-state index in [1.165, 1.54) is 51.9 Å². The molecule has 1 saturated heterocycles. The molecule has 2 unspecified atom stereocenters. The number of benzene rings is 1. The topological polar surface area (TPSA) is 22.1 Å². The molecule has 0 bridgehead atoms. The zero-order valence-corrected chi connectivity index (χ0v) is 25.8. The van der Waals surface area contributed by atoms with Gasteiger partial charge in [0, 0.05) is 61.6 Å². The van der Waals surface area contributed by atoms with Crippen molar-refractivity contribution >= 4 is 17.5 Å². The predicted molar refractivity (Wildman–Crippen MR) is 172 cm³/mol. The Labute approximate surface area is 242 Å². The van der Waals surface area contributed by atoms with Gasteiger partial charge in [0.1, 0.15) is 0 Å². The number of hydrogen-bond donors (Lipinski definition) is 0. The molecule has 1 fully saturated rings. The molecule has 2 atom stereocenters. The van der Waals surface area contributed by atoms with Gasteiger partial charge in [-0.3, -0.25) is 9.89 Å². The molecule has 4 heteroatoms. The Kier molecular flexibility index (Phi) is 7.60. The van der Waals surface area contributed by atoms with E-state index in [4.69, 9.17) is 4.99 Å². The summed E-state index contributed by atoms with van der Waals surface area (Å²) >= 11 is 0. The van der Waals surface area contributed by atoms with Gasteiger partial charge >= 0.3 is 0 Å². The monoisotopic (exact) mass is 536 g/mol. The lowest BCUT2D eigenvalue weighted by Crippen LogP contribution is -2.48. The first-order valence-corrected chi connectivity index (χ1v) is 15.0. The third-order valence-corrected chi connectivity index (χ3v) is 9.32. The van der Waals surface area contributed by atoms with Crippen molar-refractivity contribution in [2.24, 2.45) is 16.3 Å². The predicted octanol–water partition coefficient (Wildman–Crippen LogP) is 7.82. The van der Waals surface area contributed by atoms with E-state index in [-0.39, 0.29) is 11.7 Å². The van der Waals surface area contributed by atoms with Crippen molar-refractivity contribution in [3.05, 3.63) is 94.9 Å². The Balaban J connectivity index is 1.48. The molecule has 4 aliphatic heterocycles. The second-order valence-electron chi connectivity index (χ2n) is 13.4. The number of rotatable bonds is 5. The summed E-state index contributed by atoms with van der Waals surface area (Å²) in [6, 6.07) is 5.23. The van der Waals surface area contributed by atoms with Crippen molar-refractivity contribution in [3.63, 3.8) is 0 Å². The summed E-state index contributed by atoms with van der Waals surface area (Å²) in [5.74, 6) is 0.648. The molecule has 0 N–H and O–H groups in total. The van der Waals surface area contributed by atoms with E-state index in [2.05, 4.69) is 120 Å². The van der Waals surface area contributed by atoms with Crippen molar-refractivity contribution in [1.82, 2.24) is 14.7 Å². The van der Waals surface area contributed by atoms with Crippen molar-refractivity contribution in [2.75, 3.05) is 20.1 Å². The summed E-state index contributed by atoms with van der Waals surface area (Å²) < 4.78 is 0. The van der Waals surface area contributed by atoms with Crippen LogP contribution in [0, 0.1) is 11.3 Å². The van der Waals surface area contributed by atoms with Crippen molar-refractivity contribution in [1.29, 1.82) is 0 Å². The summed E-state index contributed by atoms with van der Waals surface area (Å²) in [5.41, 5.74) is 12.6. The van der Waals surface area contributed by atoms with E-state index in [0.29, 0.717) is 12.0 Å². The second kappa shape index (κ2) is 10.7. The summed E-state index contributed by atoms with van der Waals surface area (Å²) in [4.78, 5) is 12.4. The lowest BCUT2D eigenvalue weighted by Gasteiger charge is -2.47. The zero-order chi connectivity index (χ0) is 28.9. The first-order chi connectivity index (χ1) is 18.9. The lowest BCUT2D eigenvalue weighted by molar-refractivity contribution is 0.0687. The summed E-state index contributed by atoms with van der Waals surface area (Å²) in [7, 11) is 2.17. The second-order valence-corrected chi connectivity index (χ2v) is 13.4. The molecule has 4 nitrogen and oxygen atoms in total. The third-order valence-electron chi connectivity index (χ3n) is 9.32. The van der Waals surface area contributed by atoms with Gasteiger partial charge in [0.15, 0.2) is 6.29 Å².